The molecule has 0 saturated heterocycles. The summed E-state index contributed by atoms with van der Waals surface area (Å²) >= 11 is 0. The van der Waals surface area contributed by atoms with Gasteiger partial charge in [-0.1, -0.05) is 36.4 Å². The minimum absolute atomic E-state index is 0.122. The number of nitrogens with zero attached hydrogens (tertiary/aromatic N) is 2. The van der Waals surface area contributed by atoms with E-state index in [1.807, 2.05) is 12.1 Å². The van der Waals surface area contributed by atoms with Gasteiger partial charge in [0.15, 0.2) is 0 Å². The Kier molecular flexibility index (Phi) is 6.09. The standard InChI is InChI=1S/C19H22N2O3/c1-20(18(23)15-9-5-3-6-10-15)17(13-14-22)21(2)19(24)16-11-7-4-8-12-16/h3-12,17,22H,13-14H2,1-2H3. The van der Waals surface area contributed by atoms with Gasteiger partial charge in [0.2, 0.25) is 0 Å². The molecule has 0 aliphatic heterocycles. The zero-order valence-electron chi connectivity index (χ0n) is 13.9. The SMILES string of the molecule is CN(C(=O)c1ccccc1)C(CCO)N(C)C(=O)c1ccccc1. The van der Waals surface area contributed by atoms with E-state index in [0.717, 1.165) is 0 Å². The number of hydrogen-bond acceptors (Lipinski definition) is 3. The molecule has 2 amide bonds. The van der Waals surface area contributed by atoms with Crippen LogP contribution < -0.4 is 0 Å². The molecule has 24 heavy (non-hydrogen) atoms. The monoisotopic (exact) mass is 326 g/mol. The minimum Gasteiger partial charge on any atom is -0.396 e. The minimum atomic E-state index is -0.532. The molecule has 1 N–H and O–H groups in total. The van der Waals surface area contributed by atoms with Gasteiger partial charge in [-0.3, -0.25) is 9.59 Å². The first-order chi connectivity index (χ1) is 11.6. The number of aliphatic hydroxyl groups is 1. The third-order valence-corrected chi connectivity index (χ3v) is 3.96. The molecule has 5 heteroatoms. The van der Waals surface area contributed by atoms with E-state index in [2.05, 4.69) is 0 Å². The topological polar surface area (TPSA) is 60.9 Å². The third kappa shape index (κ3) is 4.00. The number of hydrogen-bond donors (Lipinski definition) is 1. The van der Waals surface area contributed by atoms with Crippen molar-refractivity contribution in [3.8, 4) is 0 Å². The van der Waals surface area contributed by atoms with Crippen LogP contribution >= 0.6 is 0 Å². The highest BCUT2D eigenvalue weighted by molar-refractivity contribution is 5.96. The smallest absolute Gasteiger partial charge is 0.255 e. The van der Waals surface area contributed by atoms with Gasteiger partial charge in [0, 0.05) is 38.2 Å². The first kappa shape index (κ1) is 17.7. The van der Waals surface area contributed by atoms with Crippen LogP contribution in [0.4, 0.5) is 0 Å². The Morgan fingerprint density at radius 3 is 1.54 bits per heavy atom. The summed E-state index contributed by atoms with van der Waals surface area (Å²) in [6, 6.07) is 17.8. The second kappa shape index (κ2) is 8.26. The first-order valence-electron chi connectivity index (χ1n) is 7.81. The molecule has 0 bridgehead atoms. The highest BCUT2D eigenvalue weighted by Crippen LogP contribution is 2.15. The van der Waals surface area contributed by atoms with E-state index in [9.17, 15) is 14.7 Å². The molecule has 126 valence electrons. The van der Waals surface area contributed by atoms with Crippen molar-refractivity contribution in [3.63, 3.8) is 0 Å². The fourth-order valence-electron chi connectivity index (χ4n) is 2.60. The maximum absolute atomic E-state index is 12.6. The highest BCUT2D eigenvalue weighted by atomic mass is 16.3. The predicted molar refractivity (Wildman–Crippen MR) is 92.6 cm³/mol. The average molecular weight is 326 g/mol. The summed E-state index contributed by atoms with van der Waals surface area (Å²) < 4.78 is 0. The lowest BCUT2D eigenvalue weighted by Gasteiger charge is -2.35. The zero-order chi connectivity index (χ0) is 17.5. The Labute approximate surface area is 142 Å². The molecule has 2 rings (SSSR count). The average Bonchev–Trinajstić information content (AvgIpc) is 2.65. The first-order valence-corrected chi connectivity index (χ1v) is 7.81. The second-order valence-corrected chi connectivity index (χ2v) is 5.56. The van der Waals surface area contributed by atoms with Gasteiger partial charge in [0.05, 0.1) is 0 Å². The highest BCUT2D eigenvalue weighted by Gasteiger charge is 2.27. The number of rotatable bonds is 6. The molecule has 0 heterocycles. The maximum atomic E-state index is 12.6. The summed E-state index contributed by atoms with van der Waals surface area (Å²) in [5, 5.41) is 9.36. The van der Waals surface area contributed by atoms with Crippen LogP contribution in [-0.2, 0) is 0 Å². The molecule has 0 spiro atoms. The number of carbonyl (C=O) groups excluding carboxylic acids is 2. The summed E-state index contributed by atoms with van der Waals surface area (Å²) in [7, 11) is 3.29. The van der Waals surface area contributed by atoms with E-state index in [4.69, 9.17) is 0 Å². The molecule has 0 radical (unpaired) electrons. The number of aliphatic hydroxyl groups excluding tert-OH is 1. The van der Waals surface area contributed by atoms with Crippen molar-refractivity contribution in [1.82, 2.24) is 9.80 Å². The Bertz CT molecular complexity index is 616. The Balaban J connectivity index is 2.21. The van der Waals surface area contributed by atoms with Crippen LogP contribution in [0.5, 0.6) is 0 Å². The van der Waals surface area contributed by atoms with Crippen LogP contribution in [0.1, 0.15) is 27.1 Å². The number of amides is 2. The molecule has 0 unspecified atom stereocenters. The van der Waals surface area contributed by atoms with Crippen molar-refractivity contribution >= 4 is 11.8 Å². The van der Waals surface area contributed by atoms with Crippen molar-refractivity contribution in [2.75, 3.05) is 20.7 Å². The lowest BCUT2D eigenvalue weighted by atomic mass is 10.1. The van der Waals surface area contributed by atoms with E-state index in [-0.39, 0.29) is 24.8 Å². The van der Waals surface area contributed by atoms with E-state index in [1.165, 1.54) is 9.80 Å². The lowest BCUT2D eigenvalue weighted by molar-refractivity contribution is 0.0346. The molecule has 0 fully saturated rings. The van der Waals surface area contributed by atoms with Gasteiger partial charge in [0.1, 0.15) is 6.17 Å². The fraction of sp³-hybridized carbons (Fsp3) is 0.263. The van der Waals surface area contributed by atoms with Crippen molar-refractivity contribution in [1.29, 1.82) is 0 Å². The second-order valence-electron chi connectivity index (χ2n) is 5.56. The van der Waals surface area contributed by atoms with E-state index < -0.39 is 6.17 Å². The molecule has 0 aromatic heterocycles. The van der Waals surface area contributed by atoms with Crippen molar-refractivity contribution < 1.29 is 14.7 Å². The summed E-state index contributed by atoms with van der Waals surface area (Å²) in [4.78, 5) is 28.2. The van der Waals surface area contributed by atoms with Crippen LogP contribution in [0.25, 0.3) is 0 Å². The summed E-state index contributed by atoms with van der Waals surface area (Å²) in [6.07, 6.45) is -0.250. The van der Waals surface area contributed by atoms with Crippen molar-refractivity contribution in [2.24, 2.45) is 0 Å². The van der Waals surface area contributed by atoms with Crippen LogP contribution in [0.2, 0.25) is 0 Å². The third-order valence-electron chi connectivity index (χ3n) is 3.96. The van der Waals surface area contributed by atoms with Crippen LogP contribution in [0, 0.1) is 0 Å². The molecule has 5 nitrogen and oxygen atoms in total. The summed E-state index contributed by atoms with van der Waals surface area (Å²) in [5.74, 6) is -0.386. The normalized spacial score (nSPS) is 10.5. The van der Waals surface area contributed by atoms with Gasteiger partial charge in [0.25, 0.3) is 11.8 Å². The number of benzene rings is 2. The predicted octanol–water partition coefficient (Wildman–Crippen LogP) is 2.24. The largest absolute Gasteiger partial charge is 0.396 e. The van der Waals surface area contributed by atoms with Crippen molar-refractivity contribution in [2.45, 2.75) is 12.6 Å². The molecule has 0 atom stereocenters. The molecular formula is C19H22N2O3. The molecular weight excluding hydrogens is 304 g/mol. The summed E-state index contributed by atoms with van der Waals surface area (Å²) in [6.45, 7) is -0.122. The quantitative estimate of drug-likeness (QED) is 0.828. The Morgan fingerprint density at radius 2 is 1.21 bits per heavy atom. The van der Waals surface area contributed by atoms with E-state index >= 15 is 0 Å². The fourth-order valence-corrected chi connectivity index (χ4v) is 2.60. The molecule has 2 aromatic carbocycles. The van der Waals surface area contributed by atoms with Crippen LogP contribution in [0.3, 0.4) is 0 Å². The van der Waals surface area contributed by atoms with Gasteiger partial charge < -0.3 is 14.9 Å². The van der Waals surface area contributed by atoms with E-state index in [1.54, 1.807) is 62.6 Å². The van der Waals surface area contributed by atoms with Crippen molar-refractivity contribution in [3.05, 3.63) is 71.8 Å². The van der Waals surface area contributed by atoms with Gasteiger partial charge >= 0.3 is 0 Å². The van der Waals surface area contributed by atoms with E-state index in [0.29, 0.717) is 11.1 Å². The maximum Gasteiger partial charge on any atom is 0.255 e. The number of carbonyl (C=O) groups is 2. The Hall–Kier alpha value is -2.66. The Morgan fingerprint density at radius 1 is 0.833 bits per heavy atom. The van der Waals surface area contributed by atoms with Gasteiger partial charge in [-0.15, -0.1) is 0 Å². The summed E-state index contributed by atoms with van der Waals surface area (Å²) in [5.41, 5.74) is 1.09. The van der Waals surface area contributed by atoms with Gasteiger partial charge in [-0.05, 0) is 24.3 Å². The van der Waals surface area contributed by atoms with Crippen LogP contribution in [-0.4, -0.2) is 53.6 Å². The lowest BCUT2D eigenvalue weighted by Crippen LogP contribution is -2.50. The van der Waals surface area contributed by atoms with Gasteiger partial charge in [-0.2, -0.15) is 0 Å². The molecule has 2 aromatic rings. The van der Waals surface area contributed by atoms with Crippen LogP contribution in [0.15, 0.2) is 60.7 Å². The zero-order valence-corrected chi connectivity index (χ0v) is 13.9. The molecule has 0 saturated carbocycles. The van der Waals surface area contributed by atoms with Gasteiger partial charge in [-0.25, -0.2) is 0 Å². The molecule has 0 aliphatic rings. The molecule has 0 aliphatic carbocycles.